The second kappa shape index (κ2) is 12.3. The Bertz CT molecular complexity index is 1380. The van der Waals surface area contributed by atoms with Gasteiger partial charge in [-0.3, -0.25) is 20.0 Å². The maximum Gasteiger partial charge on any atom is 0.132 e. The normalized spacial score (nSPS) is 15.5. The molecule has 0 saturated heterocycles. The molecule has 3 aromatic rings. The van der Waals surface area contributed by atoms with E-state index in [1.165, 1.54) is 0 Å². The number of rotatable bonds is 9. The Kier molecular flexibility index (Phi) is 8.23. The Morgan fingerprint density at radius 2 is 1.47 bits per heavy atom. The van der Waals surface area contributed by atoms with Gasteiger partial charge >= 0.3 is 0 Å². The van der Waals surface area contributed by atoms with Gasteiger partial charge in [-0.05, 0) is 43.2 Å². The summed E-state index contributed by atoms with van der Waals surface area (Å²) in [5, 5.41) is 10.2. The number of anilines is 1. The van der Waals surface area contributed by atoms with Crippen LogP contribution in [0.2, 0.25) is 0 Å². The second-order valence-electron chi connectivity index (χ2n) is 9.28. The molecule has 194 valence electrons. The van der Waals surface area contributed by atoms with Crippen LogP contribution < -0.4 is 16.0 Å². The Morgan fingerprint density at radius 3 is 2.11 bits per heavy atom. The maximum absolute atomic E-state index is 5.05. The van der Waals surface area contributed by atoms with Crippen LogP contribution in [-0.2, 0) is 0 Å². The molecule has 0 aliphatic carbocycles. The summed E-state index contributed by atoms with van der Waals surface area (Å²) in [4.78, 5) is 18.9. The average Bonchev–Trinajstić information content (AvgIpc) is 3.69. The molecular formula is C31H35N7. The van der Waals surface area contributed by atoms with Crippen LogP contribution in [0, 0.1) is 0 Å². The average molecular weight is 506 g/mol. The lowest BCUT2D eigenvalue weighted by Gasteiger charge is -2.13. The van der Waals surface area contributed by atoms with Crippen molar-refractivity contribution in [3.8, 4) is 0 Å². The van der Waals surface area contributed by atoms with Crippen molar-refractivity contribution in [1.29, 1.82) is 0 Å². The van der Waals surface area contributed by atoms with Crippen molar-refractivity contribution in [3.05, 3.63) is 95.1 Å². The molecule has 2 aliphatic rings. The zero-order chi connectivity index (χ0) is 26.2. The smallest absolute Gasteiger partial charge is 0.132 e. The fraction of sp³-hybridized carbons (Fsp3) is 0.290. The molecule has 0 fully saturated rings. The molecule has 0 saturated carbocycles. The van der Waals surface area contributed by atoms with E-state index in [1.807, 2.05) is 12.1 Å². The molecule has 0 aromatic heterocycles. The van der Waals surface area contributed by atoms with Gasteiger partial charge in [-0.1, -0.05) is 61.9 Å². The minimum Gasteiger partial charge on any atom is -0.368 e. The number of hydrogen-bond acceptors (Lipinski definition) is 6. The number of amidine groups is 3. The first kappa shape index (κ1) is 25.4. The van der Waals surface area contributed by atoms with Gasteiger partial charge in [0.2, 0.25) is 0 Å². The van der Waals surface area contributed by atoms with E-state index < -0.39 is 0 Å². The Labute approximate surface area is 225 Å². The molecule has 2 aliphatic heterocycles. The van der Waals surface area contributed by atoms with E-state index in [2.05, 4.69) is 100 Å². The highest BCUT2D eigenvalue weighted by atomic mass is 15.1. The van der Waals surface area contributed by atoms with Crippen LogP contribution >= 0.6 is 0 Å². The Balaban J connectivity index is 1.37. The van der Waals surface area contributed by atoms with Crippen LogP contribution in [0.3, 0.4) is 0 Å². The monoisotopic (exact) mass is 505 g/mol. The fourth-order valence-corrected chi connectivity index (χ4v) is 4.63. The van der Waals surface area contributed by atoms with E-state index in [4.69, 9.17) is 9.98 Å². The van der Waals surface area contributed by atoms with Crippen LogP contribution in [-0.4, -0.2) is 55.9 Å². The van der Waals surface area contributed by atoms with Gasteiger partial charge in [-0.15, -0.1) is 0 Å². The third-order valence-electron chi connectivity index (χ3n) is 6.43. The van der Waals surface area contributed by atoms with Crippen LogP contribution in [0.4, 0.5) is 11.4 Å². The van der Waals surface area contributed by atoms with Crippen molar-refractivity contribution in [2.45, 2.75) is 26.7 Å². The molecule has 7 heteroatoms. The first-order valence-electron chi connectivity index (χ1n) is 13.5. The van der Waals surface area contributed by atoms with Crippen molar-refractivity contribution in [2.75, 3.05) is 38.0 Å². The standard InChI is InChI=1S/C31H35N7/c1-3-7-28(37-26-10-5-8-24(20-26)29-33-16-17-34-29)22-12-14-23(15-13-22)31(32-4-2)38-27-11-6-9-25(21-27)30-35-18-19-36-30/h5-6,8-15,20-21H,3-4,7,16-19H2,1-2H3,(H,32,38)(H,33,34)(H,35,36). The summed E-state index contributed by atoms with van der Waals surface area (Å²) < 4.78 is 0. The largest absolute Gasteiger partial charge is 0.368 e. The predicted molar refractivity (Wildman–Crippen MR) is 160 cm³/mol. The Hall–Kier alpha value is -4.26. The molecule has 38 heavy (non-hydrogen) atoms. The summed E-state index contributed by atoms with van der Waals surface area (Å²) in [6.07, 6.45) is 1.93. The molecule has 0 spiro atoms. The minimum absolute atomic E-state index is 0.692. The van der Waals surface area contributed by atoms with Crippen molar-refractivity contribution in [3.63, 3.8) is 0 Å². The van der Waals surface area contributed by atoms with Gasteiger partial charge in [0.25, 0.3) is 0 Å². The van der Waals surface area contributed by atoms with Gasteiger partial charge in [0, 0.05) is 47.7 Å². The molecule has 0 atom stereocenters. The van der Waals surface area contributed by atoms with Gasteiger partial charge in [0.05, 0.1) is 18.8 Å². The third kappa shape index (κ3) is 6.17. The van der Waals surface area contributed by atoms with Crippen molar-refractivity contribution in [1.82, 2.24) is 10.6 Å². The number of nitrogens with one attached hydrogen (secondary N) is 3. The molecule has 2 heterocycles. The highest BCUT2D eigenvalue weighted by Gasteiger charge is 2.12. The topological polar surface area (TPSA) is 85.5 Å². The molecule has 0 amide bonds. The van der Waals surface area contributed by atoms with E-state index in [-0.39, 0.29) is 0 Å². The molecule has 7 nitrogen and oxygen atoms in total. The number of nitrogens with zero attached hydrogens (tertiary/aromatic N) is 4. The number of hydrogen-bond donors (Lipinski definition) is 3. The van der Waals surface area contributed by atoms with Crippen molar-refractivity contribution in [2.24, 2.45) is 20.0 Å². The van der Waals surface area contributed by atoms with Crippen LogP contribution in [0.25, 0.3) is 0 Å². The SMILES string of the molecule is CCCC(=Nc1cccc(C2=NCCN2)c1)c1ccc(C(=NCC)Nc2cccc(C3=NCCN3)c2)cc1. The van der Waals surface area contributed by atoms with Crippen LogP contribution in [0.1, 0.15) is 48.9 Å². The van der Waals surface area contributed by atoms with Crippen molar-refractivity contribution < 1.29 is 0 Å². The maximum atomic E-state index is 5.05. The molecule has 0 radical (unpaired) electrons. The number of benzene rings is 3. The zero-order valence-electron chi connectivity index (χ0n) is 22.2. The predicted octanol–water partition coefficient (Wildman–Crippen LogP) is 5.19. The number of aliphatic imine (C=N–C) groups is 4. The van der Waals surface area contributed by atoms with E-state index in [0.29, 0.717) is 6.54 Å². The summed E-state index contributed by atoms with van der Waals surface area (Å²) in [5.41, 5.74) is 7.35. The van der Waals surface area contributed by atoms with Gasteiger partial charge in [-0.25, -0.2) is 0 Å². The highest BCUT2D eigenvalue weighted by Crippen LogP contribution is 2.20. The van der Waals surface area contributed by atoms with Crippen LogP contribution in [0.15, 0.2) is 92.8 Å². The lowest BCUT2D eigenvalue weighted by atomic mass is 10.0. The van der Waals surface area contributed by atoms with Gasteiger partial charge in [-0.2, -0.15) is 0 Å². The second-order valence-corrected chi connectivity index (χ2v) is 9.28. The lowest BCUT2D eigenvalue weighted by molar-refractivity contribution is 0.960. The lowest BCUT2D eigenvalue weighted by Crippen LogP contribution is -2.20. The third-order valence-corrected chi connectivity index (χ3v) is 6.43. The summed E-state index contributed by atoms with van der Waals surface area (Å²) in [6, 6.07) is 25.1. The Morgan fingerprint density at radius 1 is 0.816 bits per heavy atom. The van der Waals surface area contributed by atoms with E-state index in [0.717, 1.165) is 95.9 Å². The highest BCUT2D eigenvalue weighted by molar-refractivity contribution is 6.10. The summed E-state index contributed by atoms with van der Waals surface area (Å²) in [6.45, 7) is 8.37. The first-order chi connectivity index (χ1) is 18.7. The quantitative estimate of drug-likeness (QED) is 0.277. The zero-order valence-corrected chi connectivity index (χ0v) is 22.2. The van der Waals surface area contributed by atoms with E-state index >= 15 is 0 Å². The minimum atomic E-state index is 0.692. The molecule has 3 N–H and O–H groups in total. The summed E-state index contributed by atoms with van der Waals surface area (Å²) in [7, 11) is 0. The summed E-state index contributed by atoms with van der Waals surface area (Å²) in [5.74, 6) is 2.76. The molecular weight excluding hydrogens is 470 g/mol. The first-order valence-corrected chi connectivity index (χ1v) is 13.5. The fourth-order valence-electron chi connectivity index (χ4n) is 4.63. The van der Waals surface area contributed by atoms with Gasteiger partial charge in [0.15, 0.2) is 0 Å². The van der Waals surface area contributed by atoms with E-state index in [1.54, 1.807) is 0 Å². The van der Waals surface area contributed by atoms with Crippen molar-refractivity contribution >= 4 is 34.6 Å². The van der Waals surface area contributed by atoms with Crippen LogP contribution in [0.5, 0.6) is 0 Å². The molecule has 0 bridgehead atoms. The summed E-state index contributed by atoms with van der Waals surface area (Å²) >= 11 is 0. The molecule has 3 aromatic carbocycles. The molecule has 5 rings (SSSR count). The van der Waals surface area contributed by atoms with E-state index in [9.17, 15) is 0 Å². The van der Waals surface area contributed by atoms with Gasteiger partial charge < -0.3 is 16.0 Å². The van der Waals surface area contributed by atoms with Gasteiger partial charge in [0.1, 0.15) is 17.5 Å². The molecule has 0 unspecified atom stereocenters.